The molecule has 0 aliphatic heterocycles. The van der Waals surface area contributed by atoms with Gasteiger partial charge in [0.1, 0.15) is 0 Å². The molecule has 0 fully saturated rings. The number of rotatable bonds is 3. The summed E-state index contributed by atoms with van der Waals surface area (Å²) in [4.78, 5) is 21.9. The minimum Gasteiger partial charge on any atom is -0.408 e. The van der Waals surface area contributed by atoms with Gasteiger partial charge in [-0.1, -0.05) is 5.10 Å². The van der Waals surface area contributed by atoms with Crippen LogP contribution in [0.1, 0.15) is 16.2 Å². The van der Waals surface area contributed by atoms with Crippen LogP contribution in [0.3, 0.4) is 0 Å². The Morgan fingerprint density at radius 3 is 2.79 bits per heavy atom. The van der Waals surface area contributed by atoms with Crippen molar-refractivity contribution in [3.63, 3.8) is 0 Å². The molecule has 0 unspecified atom stereocenters. The van der Waals surface area contributed by atoms with Crippen molar-refractivity contribution in [3.8, 4) is 0 Å². The Balaban J connectivity index is 2.27. The molecule has 3 N–H and O–H groups in total. The monoisotopic (exact) mass is 263 g/mol. The highest BCUT2D eigenvalue weighted by molar-refractivity contribution is 6.07. The largest absolute Gasteiger partial charge is 0.408 e. The number of hydrogen-bond acceptors (Lipinski definition) is 7. The van der Waals surface area contributed by atoms with Gasteiger partial charge in [0.15, 0.2) is 0 Å². The van der Waals surface area contributed by atoms with Gasteiger partial charge in [0, 0.05) is 24.7 Å². The third-order valence-electron chi connectivity index (χ3n) is 2.24. The zero-order valence-electron chi connectivity index (χ0n) is 9.78. The van der Waals surface area contributed by atoms with Crippen molar-refractivity contribution in [2.75, 3.05) is 11.1 Å². The van der Waals surface area contributed by atoms with Gasteiger partial charge in [-0.25, -0.2) is 0 Å². The topological polar surface area (TPSA) is 137 Å². The Morgan fingerprint density at radius 2 is 2.21 bits per heavy atom. The summed E-state index contributed by atoms with van der Waals surface area (Å²) in [5.74, 6) is -0.382. The van der Waals surface area contributed by atoms with Gasteiger partial charge in [0.25, 0.3) is 11.6 Å². The van der Waals surface area contributed by atoms with E-state index in [9.17, 15) is 14.9 Å². The molecule has 0 saturated heterocycles. The van der Waals surface area contributed by atoms with E-state index < -0.39 is 10.8 Å². The van der Waals surface area contributed by atoms with E-state index in [0.29, 0.717) is 0 Å². The van der Waals surface area contributed by atoms with Gasteiger partial charge in [-0.3, -0.25) is 20.2 Å². The number of carbonyl (C=O) groups excluding carboxylic acids is 1. The molecule has 1 heterocycles. The Morgan fingerprint density at radius 1 is 1.47 bits per heavy atom. The molecular formula is C10H9N5O4. The number of carbonyl (C=O) groups is 1. The first kappa shape index (κ1) is 12.5. The van der Waals surface area contributed by atoms with Gasteiger partial charge in [0.2, 0.25) is 5.89 Å². The molecule has 2 aromatic rings. The van der Waals surface area contributed by atoms with E-state index in [4.69, 9.17) is 10.2 Å². The molecule has 9 nitrogen and oxygen atoms in total. The first-order valence-electron chi connectivity index (χ1n) is 5.13. The molecule has 9 heteroatoms. The number of non-ortho nitro benzene ring substituents is 1. The molecule has 0 saturated carbocycles. The summed E-state index contributed by atoms with van der Waals surface area (Å²) in [5, 5.41) is 20.1. The molecule has 0 spiro atoms. The molecule has 0 aliphatic carbocycles. The van der Waals surface area contributed by atoms with Crippen molar-refractivity contribution in [2.45, 2.75) is 6.92 Å². The summed E-state index contributed by atoms with van der Waals surface area (Å²) in [5.41, 5.74) is 5.44. The first-order valence-corrected chi connectivity index (χ1v) is 5.13. The highest BCUT2D eigenvalue weighted by Crippen LogP contribution is 2.20. The Kier molecular flexibility index (Phi) is 3.10. The van der Waals surface area contributed by atoms with Crippen LogP contribution < -0.4 is 11.1 Å². The fourth-order valence-electron chi connectivity index (χ4n) is 1.37. The molecular weight excluding hydrogens is 254 g/mol. The number of nitro groups is 1. The van der Waals surface area contributed by atoms with E-state index in [1.54, 1.807) is 6.92 Å². The van der Waals surface area contributed by atoms with Crippen LogP contribution in [-0.2, 0) is 0 Å². The van der Waals surface area contributed by atoms with Gasteiger partial charge < -0.3 is 10.2 Å². The van der Waals surface area contributed by atoms with Gasteiger partial charge in [-0.05, 0) is 6.07 Å². The number of anilines is 2. The number of nitrogens with one attached hydrogen (secondary N) is 1. The number of aryl methyl sites for hydroxylation is 1. The average molecular weight is 263 g/mol. The fourth-order valence-corrected chi connectivity index (χ4v) is 1.37. The highest BCUT2D eigenvalue weighted by Gasteiger charge is 2.17. The lowest BCUT2D eigenvalue weighted by Gasteiger charge is -2.04. The molecule has 1 amide bonds. The summed E-state index contributed by atoms with van der Waals surface area (Å²) in [7, 11) is 0. The molecule has 0 atom stereocenters. The lowest BCUT2D eigenvalue weighted by atomic mass is 10.1. The summed E-state index contributed by atoms with van der Waals surface area (Å²) < 4.78 is 4.96. The predicted molar refractivity (Wildman–Crippen MR) is 64.5 cm³/mol. The lowest BCUT2D eigenvalue weighted by molar-refractivity contribution is -0.384. The molecule has 0 bridgehead atoms. The van der Waals surface area contributed by atoms with Crippen molar-refractivity contribution in [1.82, 2.24) is 10.2 Å². The normalized spacial score (nSPS) is 10.2. The van der Waals surface area contributed by atoms with Gasteiger partial charge in [-0.2, -0.15) is 0 Å². The SMILES string of the molecule is Cc1nnc(NC(=O)c2cc([N+](=O)[O-])ccc2N)o1. The van der Waals surface area contributed by atoms with Crippen molar-refractivity contribution >= 4 is 23.3 Å². The van der Waals surface area contributed by atoms with Crippen LogP contribution in [0.5, 0.6) is 0 Å². The maximum atomic E-state index is 11.9. The zero-order valence-corrected chi connectivity index (χ0v) is 9.78. The highest BCUT2D eigenvalue weighted by atomic mass is 16.6. The van der Waals surface area contributed by atoms with Crippen LogP contribution in [0.25, 0.3) is 0 Å². The maximum Gasteiger partial charge on any atom is 0.322 e. The summed E-state index contributed by atoms with van der Waals surface area (Å²) in [6, 6.07) is 3.47. The van der Waals surface area contributed by atoms with E-state index in [0.717, 1.165) is 6.07 Å². The van der Waals surface area contributed by atoms with Crippen LogP contribution in [0.15, 0.2) is 22.6 Å². The second kappa shape index (κ2) is 4.72. The van der Waals surface area contributed by atoms with E-state index in [1.807, 2.05) is 0 Å². The molecule has 1 aromatic heterocycles. The van der Waals surface area contributed by atoms with Crippen molar-refractivity contribution in [2.24, 2.45) is 0 Å². The van der Waals surface area contributed by atoms with E-state index in [1.165, 1.54) is 12.1 Å². The van der Waals surface area contributed by atoms with Crippen LogP contribution in [0, 0.1) is 17.0 Å². The molecule has 2 rings (SSSR count). The van der Waals surface area contributed by atoms with E-state index in [2.05, 4.69) is 15.5 Å². The minimum absolute atomic E-state index is 0.0370. The first-order chi connectivity index (χ1) is 8.97. The van der Waals surface area contributed by atoms with Crippen molar-refractivity contribution in [1.29, 1.82) is 0 Å². The van der Waals surface area contributed by atoms with Gasteiger partial charge in [-0.15, -0.1) is 5.10 Å². The Bertz CT molecular complexity index is 651. The number of nitrogens with zero attached hydrogens (tertiary/aromatic N) is 3. The third-order valence-corrected chi connectivity index (χ3v) is 2.24. The van der Waals surface area contributed by atoms with Crippen molar-refractivity contribution in [3.05, 3.63) is 39.8 Å². The molecule has 98 valence electrons. The molecule has 0 aliphatic rings. The van der Waals surface area contributed by atoms with Crippen molar-refractivity contribution < 1.29 is 14.1 Å². The number of benzene rings is 1. The smallest absolute Gasteiger partial charge is 0.322 e. The van der Waals surface area contributed by atoms with E-state index in [-0.39, 0.29) is 28.8 Å². The average Bonchev–Trinajstić information content (AvgIpc) is 2.74. The number of hydrogen-bond donors (Lipinski definition) is 2. The fraction of sp³-hybridized carbons (Fsp3) is 0.100. The number of amides is 1. The third kappa shape index (κ3) is 2.65. The van der Waals surface area contributed by atoms with Crippen LogP contribution in [-0.4, -0.2) is 21.0 Å². The zero-order chi connectivity index (χ0) is 14.0. The van der Waals surface area contributed by atoms with Gasteiger partial charge in [0.05, 0.1) is 10.5 Å². The molecule has 0 radical (unpaired) electrons. The van der Waals surface area contributed by atoms with Gasteiger partial charge >= 0.3 is 6.01 Å². The second-order valence-electron chi connectivity index (χ2n) is 3.61. The Labute approximate surface area is 106 Å². The summed E-state index contributed by atoms with van der Waals surface area (Å²) >= 11 is 0. The van der Waals surface area contributed by atoms with Crippen LogP contribution in [0.2, 0.25) is 0 Å². The number of nitrogens with two attached hydrogens (primary N) is 1. The van der Waals surface area contributed by atoms with Crippen LogP contribution in [0.4, 0.5) is 17.4 Å². The molecule has 1 aromatic carbocycles. The predicted octanol–water partition coefficient (Wildman–Crippen LogP) is 1.12. The number of nitro benzene ring substituents is 1. The standard InChI is InChI=1S/C10H9N5O4/c1-5-13-14-10(19-5)12-9(16)7-4-6(15(17)18)2-3-8(7)11/h2-4H,11H2,1H3,(H,12,14,16). The van der Waals surface area contributed by atoms with E-state index >= 15 is 0 Å². The second-order valence-corrected chi connectivity index (χ2v) is 3.61. The maximum absolute atomic E-state index is 11.9. The Hall–Kier alpha value is -2.97. The quantitative estimate of drug-likeness (QED) is 0.480. The summed E-state index contributed by atoms with van der Waals surface area (Å²) in [6.45, 7) is 1.56. The lowest BCUT2D eigenvalue weighted by Crippen LogP contribution is -2.14. The summed E-state index contributed by atoms with van der Waals surface area (Å²) in [6.07, 6.45) is 0. The molecule has 19 heavy (non-hydrogen) atoms. The van der Waals surface area contributed by atoms with Crippen LogP contribution >= 0.6 is 0 Å². The number of nitrogen functional groups attached to an aromatic ring is 1. The number of aromatic nitrogens is 2. The minimum atomic E-state index is -0.662.